The third kappa shape index (κ3) is 6.26. The Bertz CT molecular complexity index is 816. The first kappa shape index (κ1) is 24.8. The van der Waals surface area contributed by atoms with E-state index < -0.39 is 10.0 Å². The van der Waals surface area contributed by atoms with E-state index in [4.69, 9.17) is 0 Å². The Balaban J connectivity index is 2.23. The number of rotatable bonds is 10. The summed E-state index contributed by atoms with van der Waals surface area (Å²) in [6.45, 7) is 15.8. The number of carbonyl (C=O) groups excluding carboxylic acids is 1. The summed E-state index contributed by atoms with van der Waals surface area (Å²) in [4.78, 5) is 17.0. The van der Waals surface area contributed by atoms with Gasteiger partial charge in [-0.1, -0.05) is 19.9 Å². The quantitative estimate of drug-likeness (QED) is 0.603. The zero-order valence-electron chi connectivity index (χ0n) is 19.2. The van der Waals surface area contributed by atoms with Gasteiger partial charge in [0.2, 0.25) is 15.9 Å². The lowest BCUT2D eigenvalue weighted by molar-refractivity contribution is -0.131. The first-order valence-corrected chi connectivity index (χ1v) is 12.4. The summed E-state index contributed by atoms with van der Waals surface area (Å²) in [7, 11) is -3.69. The summed E-state index contributed by atoms with van der Waals surface area (Å²) in [5.41, 5.74) is 2.79. The van der Waals surface area contributed by atoms with Gasteiger partial charge >= 0.3 is 0 Å². The molecule has 1 amide bonds. The normalized spacial score (nSPS) is 15.2. The number of aryl methyl sites for hydroxylation is 3. The van der Waals surface area contributed by atoms with Gasteiger partial charge in [0, 0.05) is 52.2 Å². The molecule has 0 spiro atoms. The van der Waals surface area contributed by atoms with Crippen LogP contribution in [-0.4, -0.2) is 87.3 Å². The summed E-state index contributed by atoms with van der Waals surface area (Å²) in [5.74, 6) is 0.0244. The van der Waals surface area contributed by atoms with Crippen molar-refractivity contribution in [3.05, 3.63) is 28.8 Å². The van der Waals surface area contributed by atoms with Crippen LogP contribution in [0.1, 0.15) is 37.0 Å². The maximum atomic E-state index is 13.6. The number of benzene rings is 1. The molecule has 1 aromatic carbocycles. The summed E-state index contributed by atoms with van der Waals surface area (Å²) < 4.78 is 28.6. The second-order valence-corrected chi connectivity index (χ2v) is 9.92. The van der Waals surface area contributed by atoms with Crippen LogP contribution in [0.2, 0.25) is 0 Å². The third-order valence-corrected chi connectivity index (χ3v) is 8.05. The fourth-order valence-corrected chi connectivity index (χ4v) is 5.51. The molecule has 170 valence electrons. The maximum Gasteiger partial charge on any atom is 0.243 e. The Labute approximate surface area is 182 Å². The summed E-state index contributed by atoms with van der Waals surface area (Å²) >= 11 is 0. The van der Waals surface area contributed by atoms with Crippen molar-refractivity contribution in [1.82, 2.24) is 19.4 Å². The van der Waals surface area contributed by atoms with Crippen LogP contribution in [0.15, 0.2) is 17.0 Å². The molecule has 0 atom stereocenters. The van der Waals surface area contributed by atoms with E-state index in [0.717, 1.165) is 42.9 Å². The third-order valence-electron chi connectivity index (χ3n) is 6.01. The van der Waals surface area contributed by atoms with Crippen molar-refractivity contribution in [3.8, 4) is 0 Å². The highest BCUT2D eigenvalue weighted by molar-refractivity contribution is 7.89. The predicted octanol–water partition coefficient (Wildman–Crippen LogP) is 1.77. The van der Waals surface area contributed by atoms with Gasteiger partial charge in [0.25, 0.3) is 0 Å². The topological polar surface area (TPSA) is 73.0 Å². The smallest absolute Gasteiger partial charge is 0.243 e. The molecule has 1 heterocycles. The van der Waals surface area contributed by atoms with Crippen molar-refractivity contribution in [1.29, 1.82) is 0 Å². The van der Waals surface area contributed by atoms with Crippen LogP contribution < -0.4 is 5.32 Å². The number of nitrogens with zero attached hydrogens (tertiary/aromatic N) is 3. The van der Waals surface area contributed by atoms with Gasteiger partial charge in [-0.25, -0.2) is 8.42 Å². The summed E-state index contributed by atoms with van der Waals surface area (Å²) in [6.07, 6.45) is 0.210. The van der Waals surface area contributed by atoms with Crippen molar-refractivity contribution in [2.24, 2.45) is 0 Å². The van der Waals surface area contributed by atoms with E-state index in [1.165, 1.54) is 4.31 Å². The molecule has 1 N–H and O–H groups in total. The SMILES string of the molecule is CCN(CC)CCN(CCC(=O)N1CCNCC1)S(=O)(=O)c1cc(C)c(C)cc1C. The molecule has 1 saturated heterocycles. The zero-order chi connectivity index (χ0) is 22.3. The molecule has 0 aliphatic carbocycles. The van der Waals surface area contributed by atoms with E-state index in [1.54, 1.807) is 6.07 Å². The van der Waals surface area contributed by atoms with Crippen molar-refractivity contribution >= 4 is 15.9 Å². The predicted molar refractivity (Wildman–Crippen MR) is 121 cm³/mol. The number of sulfonamides is 1. The molecular weight excluding hydrogens is 400 g/mol. The molecule has 1 aliphatic rings. The average Bonchev–Trinajstić information content (AvgIpc) is 2.73. The average molecular weight is 439 g/mol. The minimum absolute atomic E-state index is 0.0244. The highest BCUT2D eigenvalue weighted by atomic mass is 32.2. The van der Waals surface area contributed by atoms with E-state index in [0.29, 0.717) is 31.1 Å². The van der Waals surface area contributed by atoms with Gasteiger partial charge in [0.15, 0.2) is 0 Å². The van der Waals surface area contributed by atoms with Gasteiger partial charge in [-0.05, 0) is 56.6 Å². The molecule has 8 heteroatoms. The minimum Gasteiger partial charge on any atom is -0.340 e. The lowest BCUT2D eigenvalue weighted by Gasteiger charge is -2.30. The fraction of sp³-hybridized carbons (Fsp3) is 0.682. The fourth-order valence-electron chi connectivity index (χ4n) is 3.79. The molecule has 7 nitrogen and oxygen atoms in total. The van der Waals surface area contributed by atoms with Gasteiger partial charge in [-0.2, -0.15) is 4.31 Å². The van der Waals surface area contributed by atoms with Crippen LogP contribution in [0.3, 0.4) is 0 Å². The monoisotopic (exact) mass is 438 g/mol. The number of piperazine rings is 1. The molecule has 1 aliphatic heterocycles. The van der Waals surface area contributed by atoms with Gasteiger partial charge in [0.1, 0.15) is 0 Å². The van der Waals surface area contributed by atoms with Crippen molar-refractivity contribution in [2.45, 2.75) is 45.9 Å². The Morgan fingerprint density at radius 1 is 0.967 bits per heavy atom. The van der Waals surface area contributed by atoms with E-state index in [1.807, 2.05) is 31.7 Å². The van der Waals surface area contributed by atoms with Crippen LogP contribution in [-0.2, 0) is 14.8 Å². The number of hydrogen-bond acceptors (Lipinski definition) is 5. The Hall–Kier alpha value is -1.48. The Kier molecular flexibility index (Phi) is 9.28. The number of hydrogen-bond donors (Lipinski definition) is 1. The molecule has 0 saturated carbocycles. The van der Waals surface area contributed by atoms with Gasteiger partial charge in [-0.15, -0.1) is 0 Å². The Morgan fingerprint density at radius 3 is 2.17 bits per heavy atom. The van der Waals surface area contributed by atoms with E-state index in [2.05, 4.69) is 24.1 Å². The highest BCUT2D eigenvalue weighted by Crippen LogP contribution is 2.24. The highest BCUT2D eigenvalue weighted by Gasteiger charge is 2.28. The van der Waals surface area contributed by atoms with Gasteiger partial charge < -0.3 is 15.1 Å². The standard InChI is InChI=1S/C22H38N4O3S/c1-6-24(7-2)14-15-26(11-8-22(27)25-12-9-23-10-13-25)30(28,29)21-17-19(4)18(3)16-20(21)5/h16-17,23H,6-15H2,1-5H3. The zero-order valence-corrected chi connectivity index (χ0v) is 20.0. The van der Waals surface area contributed by atoms with Crippen molar-refractivity contribution < 1.29 is 13.2 Å². The largest absolute Gasteiger partial charge is 0.340 e. The summed E-state index contributed by atoms with van der Waals surface area (Å²) in [6, 6.07) is 3.69. The molecule has 30 heavy (non-hydrogen) atoms. The van der Waals surface area contributed by atoms with E-state index in [9.17, 15) is 13.2 Å². The lowest BCUT2D eigenvalue weighted by atomic mass is 10.1. The van der Waals surface area contributed by atoms with E-state index >= 15 is 0 Å². The van der Waals surface area contributed by atoms with Gasteiger partial charge in [-0.3, -0.25) is 4.79 Å². The molecule has 0 bridgehead atoms. The molecule has 1 aromatic rings. The van der Waals surface area contributed by atoms with E-state index in [-0.39, 0.29) is 18.9 Å². The lowest BCUT2D eigenvalue weighted by Crippen LogP contribution is -2.47. The van der Waals surface area contributed by atoms with Crippen molar-refractivity contribution in [3.63, 3.8) is 0 Å². The second-order valence-electron chi connectivity index (χ2n) is 8.01. The maximum absolute atomic E-state index is 13.6. The first-order chi connectivity index (χ1) is 14.2. The van der Waals surface area contributed by atoms with Crippen LogP contribution in [0.5, 0.6) is 0 Å². The molecule has 0 unspecified atom stereocenters. The first-order valence-electron chi connectivity index (χ1n) is 11.0. The van der Waals surface area contributed by atoms with Crippen LogP contribution in [0.4, 0.5) is 0 Å². The number of amides is 1. The molecular formula is C22H38N4O3S. The molecule has 2 rings (SSSR count). The van der Waals surface area contributed by atoms with Crippen LogP contribution >= 0.6 is 0 Å². The molecule has 0 aromatic heterocycles. The Morgan fingerprint density at radius 2 is 1.57 bits per heavy atom. The molecule has 0 radical (unpaired) electrons. The number of likely N-dealkylation sites (N-methyl/N-ethyl adjacent to an activating group) is 1. The number of nitrogens with one attached hydrogen (secondary N) is 1. The van der Waals surface area contributed by atoms with Crippen LogP contribution in [0, 0.1) is 20.8 Å². The van der Waals surface area contributed by atoms with Gasteiger partial charge in [0.05, 0.1) is 4.90 Å². The summed E-state index contributed by atoms with van der Waals surface area (Å²) in [5, 5.41) is 3.24. The van der Waals surface area contributed by atoms with Crippen LogP contribution in [0.25, 0.3) is 0 Å². The second kappa shape index (κ2) is 11.2. The van der Waals surface area contributed by atoms with Crippen molar-refractivity contribution in [2.75, 3.05) is 58.9 Å². The number of carbonyl (C=O) groups is 1. The minimum atomic E-state index is -3.69. The molecule has 1 fully saturated rings.